The summed E-state index contributed by atoms with van der Waals surface area (Å²) < 4.78 is 12.1. The summed E-state index contributed by atoms with van der Waals surface area (Å²) in [6, 6.07) is 6.63. The quantitative estimate of drug-likeness (QED) is 0.702. The largest absolute Gasteiger partial charge is 0.494 e. The van der Waals surface area contributed by atoms with Crippen molar-refractivity contribution in [3.8, 4) is 0 Å². The predicted octanol–water partition coefficient (Wildman–Crippen LogP) is 4.22. The van der Waals surface area contributed by atoms with Crippen molar-refractivity contribution >= 4 is 18.7 Å². The molecule has 0 spiro atoms. The topological polar surface area (TPSA) is 18.5 Å². The SMILES string of the molecule is CCOB(OC(C)(C)CC)c1ccc2c(c1)C=CC(CC)C2. The average molecular weight is 300 g/mol. The molecule has 0 saturated carbocycles. The van der Waals surface area contributed by atoms with Crippen LogP contribution in [0.25, 0.3) is 6.08 Å². The van der Waals surface area contributed by atoms with E-state index >= 15 is 0 Å². The molecular formula is C19H29BO2. The lowest BCUT2D eigenvalue weighted by molar-refractivity contribution is 0.0706. The molecule has 0 fully saturated rings. The van der Waals surface area contributed by atoms with Crippen LogP contribution in [0.1, 0.15) is 58.6 Å². The van der Waals surface area contributed by atoms with Crippen molar-refractivity contribution in [3.05, 3.63) is 35.4 Å². The smallest absolute Gasteiger partial charge is 0.408 e. The lowest BCUT2D eigenvalue weighted by Gasteiger charge is -2.28. The van der Waals surface area contributed by atoms with E-state index in [9.17, 15) is 0 Å². The highest BCUT2D eigenvalue weighted by molar-refractivity contribution is 6.61. The van der Waals surface area contributed by atoms with Crippen LogP contribution in [0.2, 0.25) is 0 Å². The molecule has 1 aliphatic carbocycles. The van der Waals surface area contributed by atoms with Gasteiger partial charge in [-0.2, -0.15) is 0 Å². The van der Waals surface area contributed by atoms with Crippen LogP contribution in [0.5, 0.6) is 0 Å². The minimum Gasteiger partial charge on any atom is -0.408 e. The maximum Gasteiger partial charge on any atom is 0.494 e. The molecule has 0 saturated heterocycles. The monoisotopic (exact) mass is 300 g/mol. The number of rotatable bonds is 7. The molecule has 2 rings (SSSR count). The van der Waals surface area contributed by atoms with Crippen molar-refractivity contribution < 1.29 is 9.31 Å². The highest BCUT2D eigenvalue weighted by Gasteiger charge is 2.29. The normalized spacial score (nSPS) is 17.4. The van der Waals surface area contributed by atoms with E-state index in [0.717, 1.165) is 18.3 Å². The molecule has 0 aliphatic heterocycles. The third-order valence-corrected chi connectivity index (χ3v) is 4.59. The third-order valence-electron chi connectivity index (χ3n) is 4.59. The molecule has 22 heavy (non-hydrogen) atoms. The number of hydrogen-bond donors (Lipinski definition) is 0. The molecule has 120 valence electrons. The number of hydrogen-bond acceptors (Lipinski definition) is 2. The van der Waals surface area contributed by atoms with Crippen LogP contribution in [-0.2, 0) is 15.7 Å². The fourth-order valence-corrected chi connectivity index (χ4v) is 2.69. The van der Waals surface area contributed by atoms with Gasteiger partial charge in [-0.3, -0.25) is 0 Å². The van der Waals surface area contributed by atoms with E-state index in [1.807, 2.05) is 6.92 Å². The molecule has 1 aliphatic rings. The Bertz CT molecular complexity index is 522. The Labute approximate surface area is 136 Å². The summed E-state index contributed by atoms with van der Waals surface area (Å²) in [4.78, 5) is 0. The van der Waals surface area contributed by atoms with E-state index < -0.39 is 0 Å². The number of allylic oxidation sites excluding steroid dienone is 1. The van der Waals surface area contributed by atoms with E-state index in [-0.39, 0.29) is 12.7 Å². The Morgan fingerprint density at radius 1 is 1.23 bits per heavy atom. The lowest BCUT2D eigenvalue weighted by Crippen LogP contribution is -2.44. The van der Waals surface area contributed by atoms with Crippen molar-refractivity contribution in [1.82, 2.24) is 0 Å². The van der Waals surface area contributed by atoms with E-state index in [1.165, 1.54) is 17.5 Å². The van der Waals surface area contributed by atoms with Gasteiger partial charge in [-0.15, -0.1) is 0 Å². The summed E-state index contributed by atoms with van der Waals surface area (Å²) in [7, 11) is -0.289. The zero-order valence-corrected chi connectivity index (χ0v) is 14.7. The maximum absolute atomic E-state index is 6.20. The van der Waals surface area contributed by atoms with Crippen LogP contribution in [0, 0.1) is 5.92 Å². The molecule has 0 heterocycles. The minimum atomic E-state index is -0.289. The Morgan fingerprint density at radius 2 is 2.00 bits per heavy atom. The van der Waals surface area contributed by atoms with Gasteiger partial charge in [0.15, 0.2) is 0 Å². The Kier molecular flexibility index (Phi) is 5.88. The Balaban J connectivity index is 2.22. The van der Waals surface area contributed by atoms with Crippen molar-refractivity contribution in [3.63, 3.8) is 0 Å². The van der Waals surface area contributed by atoms with E-state index in [0.29, 0.717) is 12.5 Å². The van der Waals surface area contributed by atoms with E-state index in [2.05, 4.69) is 58.0 Å². The highest BCUT2D eigenvalue weighted by atomic mass is 16.6. The van der Waals surface area contributed by atoms with Crippen LogP contribution in [0.15, 0.2) is 24.3 Å². The van der Waals surface area contributed by atoms with Crippen molar-refractivity contribution in [1.29, 1.82) is 0 Å². The molecule has 1 aromatic carbocycles. The number of fused-ring (bicyclic) bond motifs is 1. The molecule has 2 nitrogen and oxygen atoms in total. The van der Waals surface area contributed by atoms with Gasteiger partial charge in [0.1, 0.15) is 0 Å². The Morgan fingerprint density at radius 3 is 2.64 bits per heavy atom. The lowest BCUT2D eigenvalue weighted by atomic mass is 9.75. The standard InChI is InChI=1S/C19H29BO2/c1-6-15-9-10-17-14-18(12-11-16(17)13-15)20(21-8-3)22-19(4,5)7-2/h9-12,14-15H,6-8,13H2,1-5H3. The van der Waals surface area contributed by atoms with Gasteiger partial charge in [0.25, 0.3) is 0 Å². The van der Waals surface area contributed by atoms with Gasteiger partial charge in [-0.25, -0.2) is 0 Å². The first-order valence-corrected chi connectivity index (χ1v) is 8.59. The maximum atomic E-state index is 6.20. The number of benzene rings is 1. The van der Waals surface area contributed by atoms with Gasteiger partial charge in [0.2, 0.25) is 0 Å². The second kappa shape index (κ2) is 7.48. The van der Waals surface area contributed by atoms with Crippen LogP contribution < -0.4 is 5.46 Å². The zero-order chi connectivity index (χ0) is 16.2. The first kappa shape index (κ1) is 17.3. The molecule has 0 amide bonds. The second-order valence-electron chi connectivity index (χ2n) is 6.71. The van der Waals surface area contributed by atoms with Crippen LogP contribution in [0.4, 0.5) is 0 Å². The summed E-state index contributed by atoms with van der Waals surface area (Å²) >= 11 is 0. The zero-order valence-electron chi connectivity index (χ0n) is 14.7. The van der Waals surface area contributed by atoms with Crippen LogP contribution in [-0.4, -0.2) is 19.3 Å². The van der Waals surface area contributed by atoms with Crippen LogP contribution >= 0.6 is 0 Å². The van der Waals surface area contributed by atoms with Crippen molar-refractivity contribution in [2.75, 3.05) is 6.61 Å². The summed E-state index contributed by atoms with van der Waals surface area (Å²) in [6.07, 6.45) is 7.89. The fourth-order valence-electron chi connectivity index (χ4n) is 2.69. The van der Waals surface area contributed by atoms with Gasteiger partial charge in [-0.1, -0.05) is 44.2 Å². The molecule has 0 N–H and O–H groups in total. The average Bonchev–Trinajstić information content (AvgIpc) is 2.53. The molecule has 0 aromatic heterocycles. The van der Waals surface area contributed by atoms with Gasteiger partial charge in [-0.05, 0) is 62.5 Å². The van der Waals surface area contributed by atoms with Crippen molar-refractivity contribution in [2.24, 2.45) is 5.92 Å². The highest BCUT2D eigenvalue weighted by Crippen LogP contribution is 2.24. The van der Waals surface area contributed by atoms with Crippen LogP contribution in [0.3, 0.4) is 0 Å². The van der Waals surface area contributed by atoms with Crippen molar-refractivity contribution in [2.45, 2.75) is 59.5 Å². The summed E-state index contributed by atoms with van der Waals surface area (Å²) in [5.74, 6) is 0.677. The second-order valence-corrected chi connectivity index (χ2v) is 6.71. The Hall–Kier alpha value is -1.06. The first-order chi connectivity index (χ1) is 10.5. The molecular weight excluding hydrogens is 271 g/mol. The summed E-state index contributed by atoms with van der Waals surface area (Å²) in [6.45, 7) is 11.3. The van der Waals surface area contributed by atoms with Gasteiger partial charge >= 0.3 is 7.12 Å². The molecule has 3 heteroatoms. The predicted molar refractivity (Wildman–Crippen MR) is 95.4 cm³/mol. The molecule has 1 atom stereocenters. The molecule has 0 bridgehead atoms. The van der Waals surface area contributed by atoms with Gasteiger partial charge < -0.3 is 9.31 Å². The minimum absolute atomic E-state index is 0.182. The van der Waals surface area contributed by atoms with Gasteiger partial charge in [0, 0.05) is 12.2 Å². The van der Waals surface area contributed by atoms with E-state index in [4.69, 9.17) is 9.31 Å². The fraction of sp³-hybridized carbons (Fsp3) is 0.579. The molecule has 1 aromatic rings. The summed E-state index contributed by atoms with van der Waals surface area (Å²) in [5.41, 5.74) is 3.67. The molecule has 0 radical (unpaired) electrons. The van der Waals surface area contributed by atoms with Gasteiger partial charge in [0.05, 0.1) is 0 Å². The summed E-state index contributed by atoms with van der Waals surface area (Å²) in [5, 5.41) is 0. The van der Waals surface area contributed by atoms with E-state index in [1.54, 1.807) is 0 Å². The molecule has 1 unspecified atom stereocenters. The third kappa shape index (κ3) is 4.24. The first-order valence-electron chi connectivity index (χ1n) is 8.59.